The maximum atomic E-state index is 2.30. The van der Waals surface area contributed by atoms with Crippen molar-refractivity contribution in [3.63, 3.8) is 0 Å². The van der Waals surface area contributed by atoms with Gasteiger partial charge >= 0.3 is 0 Å². The number of hydrogen-bond donors (Lipinski definition) is 0. The first-order valence-corrected chi connectivity index (χ1v) is 4.90. The van der Waals surface area contributed by atoms with Crippen LogP contribution in [0.15, 0.2) is 22.3 Å². The van der Waals surface area contributed by atoms with Crippen LogP contribution in [0, 0.1) is 5.92 Å². The Labute approximate surface area is 76.4 Å². The van der Waals surface area contributed by atoms with Crippen LogP contribution in [0.2, 0.25) is 0 Å². The van der Waals surface area contributed by atoms with Crippen molar-refractivity contribution in [1.82, 2.24) is 0 Å². The molecule has 0 unspecified atom stereocenters. The van der Waals surface area contributed by atoms with E-state index in [2.05, 4.69) is 34.6 Å². The van der Waals surface area contributed by atoms with E-state index in [0.717, 1.165) is 5.92 Å². The molecule has 0 N–H and O–H groups in total. The van der Waals surface area contributed by atoms with E-state index in [1.165, 1.54) is 18.4 Å². The molecule has 0 saturated carbocycles. The minimum absolute atomic E-state index is 0.730. The number of hydrogen-bond acceptors (Lipinski definition) is 0. The highest BCUT2D eigenvalue weighted by molar-refractivity contribution is 5.39. The van der Waals surface area contributed by atoms with Gasteiger partial charge in [-0.15, -0.1) is 0 Å². The van der Waals surface area contributed by atoms with Gasteiger partial charge < -0.3 is 0 Å². The zero-order chi connectivity index (χ0) is 9.30. The summed E-state index contributed by atoms with van der Waals surface area (Å²) in [6.07, 6.45) is 2.56. The van der Waals surface area contributed by atoms with E-state index in [1.54, 1.807) is 16.7 Å². The van der Waals surface area contributed by atoms with Crippen molar-refractivity contribution in [3.8, 4) is 0 Å². The molecule has 0 amide bonds. The van der Waals surface area contributed by atoms with Gasteiger partial charge in [0.25, 0.3) is 0 Å². The van der Waals surface area contributed by atoms with Crippen LogP contribution in [0.3, 0.4) is 0 Å². The molecule has 0 nitrogen and oxygen atoms in total. The molecule has 0 aromatic rings. The van der Waals surface area contributed by atoms with Crippen LogP contribution >= 0.6 is 0 Å². The van der Waals surface area contributed by atoms with Crippen LogP contribution in [-0.4, -0.2) is 0 Å². The Bertz CT molecular complexity index is 239. The van der Waals surface area contributed by atoms with Gasteiger partial charge in [-0.05, 0) is 50.7 Å². The summed E-state index contributed by atoms with van der Waals surface area (Å²) in [5.41, 5.74) is 6.33. The quantitative estimate of drug-likeness (QED) is 0.547. The molecule has 0 aromatic carbocycles. The molecule has 0 heteroatoms. The molecule has 1 aliphatic rings. The normalized spacial score (nSPS) is 19.5. The summed E-state index contributed by atoms with van der Waals surface area (Å²) < 4.78 is 0. The lowest BCUT2D eigenvalue weighted by atomic mass is 9.83. The van der Waals surface area contributed by atoms with Crippen LogP contribution in [0.4, 0.5) is 0 Å². The molecule has 0 fully saturated rings. The van der Waals surface area contributed by atoms with E-state index < -0.39 is 0 Å². The predicted molar refractivity (Wildman–Crippen MR) is 55.1 cm³/mol. The number of rotatable bonds is 1. The molecule has 0 spiro atoms. The van der Waals surface area contributed by atoms with Crippen molar-refractivity contribution in [2.45, 2.75) is 47.5 Å². The van der Waals surface area contributed by atoms with E-state index in [-0.39, 0.29) is 0 Å². The maximum absolute atomic E-state index is 2.30. The van der Waals surface area contributed by atoms with Crippen LogP contribution in [0.5, 0.6) is 0 Å². The third-order valence-electron chi connectivity index (χ3n) is 3.15. The molecule has 0 bridgehead atoms. The Hall–Kier alpha value is -0.520. The number of allylic oxidation sites excluding steroid dienone is 4. The topological polar surface area (TPSA) is 0 Å². The average molecular weight is 164 g/mol. The molecule has 68 valence electrons. The zero-order valence-corrected chi connectivity index (χ0v) is 8.99. The van der Waals surface area contributed by atoms with Crippen molar-refractivity contribution >= 4 is 0 Å². The van der Waals surface area contributed by atoms with Gasteiger partial charge in [0.05, 0.1) is 0 Å². The Balaban J connectivity index is 3.03. The molecule has 12 heavy (non-hydrogen) atoms. The SMILES string of the molecule is CC1=C(C)C(C)=C(C(C)C)CC1. The molecular weight excluding hydrogens is 144 g/mol. The lowest BCUT2D eigenvalue weighted by molar-refractivity contribution is 0.682. The first-order valence-electron chi connectivity index (χ1n) is 4.90. The molecule has 0 heterocycles. The van der Waals surface area contributed by atoms with Gasteiger partial charge in [0.1, 0.15) is 0 Å². The van der Waals surface area contributed by atoms with Gasteiger partial charge in [0.2, 0.25) is 0 Å². The van der Waals surface area contributed by atoms with Gasteiger partial charge in [-0.3, -0.25) is 0 Å². The summed E-state index contributed by atoms with van der Waals surface area (Å²) in [4.78, 5) is 0. The second-order valence-electron chi connectivity index (χ2n) is 4.21. The minimum Gasteiger partial charge on any atom is -0.0698 e. The summed E-state index contributed by atoms with van der Waals surface area (Å²) in [6.45, 7) is 11.4. The highest BCUT2D eigenvalue weighted by Crippen LogP contribution is 2.33. The minimum atomic E-state index is 0.730. The summed E-state index contributed by atoms with van der Waals surface area (Å²) in [7, 11) is 0. The van der Waals surface area contributed by atoms with Crippen molar-refractivity contribution in [3.05, 3.63) is 22.3 Å². The molecule has 1 aliphatic carbocycles. The molecule has 0 atom stereocenters. The fourth-order valence-electron chi connectivity index (χ4n) is 1.98. The molecule has 0 radical (unpaired) electrons. The third-order valence-corrected chi connectivity index (χ3v) is 3.15. The fourth-order valence-corrected chi connectivity index (χ4v) is 1.98. The Morgan fingerprint density at radius 3 is 2.00 bits per heavy atom. The van der Waals surface area contributed by atoms with E-state index in [4.69, 9.17) is 0 Å². The van der Waals surface area contributed by atoms with Crippen molar-refractivity contribution in [1.29, 1.82) is 0 Å². The lowest BCUT2D eigenvalue weighted by Gasteiger charge is -2.23. The van der Waals surface area contributed by atoms with E-state index >= 15 is 0 Å². The molecular formula is C12H20. The second kappa shape index (κ2) is 3.47. The van der Waals surface area contributed by atoms with Gasteiger partial charge in [0, 0.05) is 0 Å². The van der Waals surface area contributed by atoms with E-state index in [1.807, 2.05) is 0 Å². The molecule has 0 saturated heterocycles. The highest BCUT2D eigenvalue weighted by atomic mass is 14.2. The van der Waals surface area contributed by atoms with Gasteiger partial charge in [-0.1, -0.05) is 25.0 Å². The van der Waals surface area contributed by atoms with Crippen LogP contribution in [-0.2, 0) is 0 Å². The van der Waals surface area contributed by atoms with Crippen molar-refractivity contribution in [2.24, 2.45) is 5.92 Å². The summed E-state index contributed by atoms with van der Waals surface area (Å²) in [5, 5.41) is 0. The summed E-state index contributed by atoms with van der Waals surface area (Å²) in [5.74, 6) is 0.730. The fraction of sp³-hybridized carbons (Fsp3) is 0.667. The molecule has 1 rings (SSSR count). The molecule has 0 aliphatic heterocycles. The van der Waals surface area contributed by atoms with E-state index in [0.29, 0.717) is 0 Å². The largest absolute Gasteiger partial charge is 0.0698 e. The Morgan fingerprint density at radius 2 is 1.50 bits per heavy atom. The predicted octanol–water partition coefficient (Wildman–Crippen LogP) is 4.09. The lowest BCUT2D eigenvalue weighted by Crippen LogP contribution is -2.05. The van der Waals surface area contributed by atoms with Gasteiger partial charge in [-0.25, -0.2) is 0 Å². The standard InChI is InChI=1S/C12H20/c1-8(2)12-7-6-9(3)10(4)11(12)5/h8H,6-7H2,1-5H3. The monoisotopic (exact) mass is 164 g/mol. The van der Waals surface area contributed by atoms with E-state index in [9.17, 15) is 0 Å². The van der Waals surface area contributed by atoms with Crippen molar-refractivity contribution in [2.75, 3.05) is 0 Å². The third kappa shape index (κ3) is 1.63. The molecule has 0 aromatic heterocycles. The van der Waals surface area contributed by atoms with Crippen LogP contribution < -0.4 is 0 Å². The maximum Gasteiger partial charge on any atom is -0.0254 e. The zero-order valence-electron chi connectivity index (χ0n) is 8.99. The highest BCUT2D eigenvalue weighted by Gasteiger charge is 2.14. The smallest absolute Gasteiger partial charge is 0.0254 e. The summed E-state index contributed by atoms with van der Waals surface area (Å²) in [6, 6.07) is 0. The van der Waals surface area contributed by atoms with Crippen LogP contribution in [0.25, 0.3) is 0 Å². The van der Waals surface area contributed by atoms with Gasteiger partial charge in [-0.2, -0.15) is 0 Å². The average Bonchev–Trinajstić information content (AvgIpc) is 2.00. The Kier molecular flexibility index (Phi) is 2.76. The first kappa shape index (κ1) is 9.57. The second-order valence-corrected chi connectivity index (χ2v) is 4.21. The van der Waals surface area contributed by atoms with Crippen LogP contribution in [0.1, 0.15) is 47.5 Å². The van der Waals surface area contributed by atoms with Gasteiger partial charge in [0.15, 0.2) is 0 Å². The van der Waals surface area contributed by atoms with Crippen molar-refractivity contribution < 1.29 is 0 Å². The first-order chi connectivity index (χ1) is 5.54. The Morgan fingerprint density at radius 1 is 0.917 bits per heavy atom. The summed E-state index contributed by atoms with van der Waals surface area (Å²) >= 11 is 0.